The van der Waals surface area contributed by atoms with Gasteiger partial charge >= 0.3 is 5.97 Å². The molecule has 37 heavy (non-hydrogen) atoms. The molecule has 0 amide bonds. The van der Waals surface area contributed by atoms with Crippen molar-refractivity contribution in [2.75, 3.05) is 0 Å². The molecule has 0 N–H and O–H groups in total. The van der Waals surface area contributed by atoms with E-state index < -0.39 is 26.3 Å². The summed E-state index contributed by atoms with van der Waals surface area (Å²) < 4.78 is 25.9. The Morgan fingerprint density at radius 1 is 1.19 bits per heavy atom. The molecule has 5 nitrogen and oxygen atoms in total. The monoisotopic (exact) mass is 526 g/mol. The van der Waals surface area contributed by atoms with Crippen LogP contribution >= 0.6 is 0 Å². The van der Waals surface area contributed by atoms with Gasteiger partial charge in [-0.05, 0) is 50.4 Å². The fourth-order valence-corrected chi connectivity index (χ4v) is 6.10. The summed E-state index contributed by atoms with van der Waals surface area (Å²) in [6, 6.07) is 10.1. The Morgan fingerprint density at radius 2 is 1.86 bits per heavy atom. The highest BCUT2D eigenvalue weighted by atomic mass is 28.4. The smallest absolute Gasteiger partial charge is 0.308 e. The van der Waals surface area contributed by atoms with E-state index in [1.165, 1.54) is 0 Å². The third-order valence-corrected chi connectivity index (χ3v) is 12.6. The van der Waals surface area contributed by atoms with E-state index in [0.717, 1.165) is 11.1 Å². The van der Waals surface area contributed by atoms with Crippen LogP contribution in [-0.2, 0) is 23.4 Å². The summed E-state index contributed by atoms with van der Waals surface area (Å²) in [7, 11) is -2.12. The van der Waals surface area contributed by atoms with Crippen molar-refractivity contribution in [3.63, 3.8) is 0 Å². The second kappa shape index (κ2) is 11.8. The van der Waals surface area contributed by atoms with Crippen molar-refractivity contribution < 1.29 is 23.4 Å². The summed E-state index contributed by atoms with van der Waals surface area (Å²) in [5, 5.41) is 0.0292. The lowest BCUT2D eigenvalue weighted by atomic mass is 9.89. The van der Waals surface area contributed by atoms with E-state index in [9.17, 15) is 4.79 Å². The molecule has 6 atom stereocenters. The average molecular weight is 527 g/mol. The van der Waals surface area contributed by atoms with Crippen LogP contribution in [0.4, 0.5) is 0 Å². The highest BCUT2D eigenvalue weighted by molar-refractivity contribution is 6.74. The molecule has 0 aromatic heterocycles. The highest BCUT2D eigenvalue weighted by Gasteiger charge is 2.47. The number of carbonyl (C=O) groups is 1. The number of hydrogen-bond acceptors (Lipinski definition) is 5. The van der Waals surface area contributed by atoms with Gasteiger partial charge in [0.1, 0.15) is 12.2 Å². The summed E-state index contributed by atoms with van der Waals surface area (Å²) in [5.74, 6) is -0.290. The maximum atomic E-state index is 13.2. The molecule has 0 spiro atoms. The van der Waals surface area contributed by atoms with E-state index >= 15 is 0 Å². The van der Waals surface area contributed by atoms with Gasteiger partial charge in [-0.1, -0.05) is 88.9 Å². The Labute approximate surface area is 225 Å². The number of benzene rings is 1. The second-order valence-electron chi connectivity index (χ2n) is 12.3. The fraction of sp³-hybridized carbons (Fsp3) is 0.581. The van der Waals surface area contributed by atoms with Gasteiger partial charge < -0.3 is 18.6 Å². The predicted octanol–water partition coefficient (Wildman–Crippen LogP) is 7.67. The third-order valence-electron chi connectivity index (χ3n) is 8.10. The normalized spacial score (nSPS) is 33.0. The van der Waals surface area contributed by atoms with Crippen LogP contribution < -0.4 is 0 Å². The molecule has 1 aromatic rings. The Hall–Kier alpha value is -1.99. The fourth-order valence-electron chi connectivity index (χ4n) is 4.72. The van der Waals surface area contributed by atoms with Crippen LogP contribution in [-0.4, -0.2) is 38.2 Å². The van der Waals surface area contributed by atoms with Crippen molar-refractivity contribution in [1.29, 1.82) is 0 Å². The molecule has 0 bridgehead atoms. The number of ether oxygens (including phenoxy) is 3. The number of hydrogen-bond donors (Lipinski definition) is 0. The first-order valence-electron chi connectivity index (χ1n) is 13.5. The molecule has 2 aliphatic heterocycles. The molecule has 1 aromatic carbocycles. The Morgan fingerprint density at radius 3 is 2.49 bits per heavy atom. The summed E-state index contributed by atoms with van der Waals surface area (Å²) in [6.45, 7) is 21.1. The maximum Gasteiger partial charge on any atom is 0.308 e. The van der Waals surface area contributed by atoms with E-state index in [-0.39, 0.29) is 35.6 Å². The van der Waals surface area contributed by atoms with Crippen LogP contribution in [0, 0.1) is 5.92 Å². The number of allylic oxidation sites excluding steroid dienone is 2. The van der Waals surface area contributed by atoms with Crippen molar-refractivity contribution in [3.8, 4) is 0 Å². The quantitative estimate of drug-likeness (QED) is 0.170. The maximum absolute atomic E-state index is 13.2. The van der Waals surface area contributed by atoms with Crippen LogP contribution in [0.5, 0.6) is 0 Å². The molecule has 204 valence electrons. The zero-order valence-corrected chi connectivity index (χ0v) is 25.0. The number of fused-ring (bicyclic) bond motifs is 1. The van der Waals surface area contributed by atoms with Gasteiger partial charge in [-0.2, -0.15) is 0 Å². The van der Waals surface area contributed by atoms with E-state index in [1.807, 2.05) is 43.3 Å². The molecule has 2 heterocycles. The van der Waals surface area contributed by atoms with Gasteiger partial charge in [-0.25, -0.2) is 0 Å². The van der Waals surface area contributed by atoms with Crippen LogP contribution in [0.15, 0.2) is 66.8 Å². The van der Waals surface area contributed by atoms with Crippen LogP contribution in [0.25, 0.3) is 0 Å². The van der Waals surface area contributed by atoms with Crippen LogP contribution in [0.1, 0.15) is 72.7 Å². The highest BCUT2D eigenvalue weighted by Crippen LogP contribution is 2.44. The van der Waals surface area contributed by atoms with Gasteiger partial charge in [-0.15, -0.1) is 0 Å². The van der Waals surface area contributed by atoms with Crippen molar-refractivity contribution >= 4 is 14.3 Å². The molecule has 1 unspecified atom stereocenters. The second-order valence-corrected chi connectivity index (χ2v) is 17.0. The van der Waals surface area contributed by atoms with Gasteiger partial charge in [0.05, 0.1) is 18.1 Å². The van der Waals surface area contributed by atoms with Gasteiger partial charge in [0.25, 0.3) is 0 Å². The van der Waals surface area contributed by atoms with Gasteiger partial charge in [0.15, 0.2) is 14.6 Å². The minimum Gasteiger partial charge on any atom is -0.457 e. The SMILES string of the molecule is C=C/C=C(\C)[C@H]1OC(=O)C[C@H](O[Si](C)(C)C(C)(C)C)CC[C@@]2(C)OC(c3ccccc3)O[C@H]2/C=C/[C@@H]1C. The van der Waals surface area contributed by atoms with Gasteiger partial charge in [-0.3, -0.25) is 4.79 Å². The standard InChI is InChI=1S/C31H46O5Si/c1-10-14-22(2)28-23(3)17-18-26-31(7,35-29(33-26)24-15-12-11-13-16-24)20-19-25(21-27(32)34-28)36-37(8,9)30(4,5)6/h10-18,23,25-26,28-29H,1,19-21H2,2-9H3/b18-17+,22-14+/t23-,25+,26-,28+,29?,31+/m0/s1. The largest absolute Gasteiger partial charge is 0.457 e. The van der Waals surface area contributed by atoms with E-state index in [0.29, 0.717) is 12.8 Å². The first kappa shape index (κ1) is 29.6. The molecule has 6 heteroatoms. The summed E-state index contributed by atoms with van der Waals surface area (Å²) in [4.78, 5) is 13.2. The topological polar surface area (TPSA) is 54.0 Å². The lowest BCUT2D eigenvalue weighted by Crippen LogP contribution is -2.45. The zero-order valence-electron chi connectivity index (χ0n) is 24.0. The number of carbonyl (C=O) groups excluding carboxylic acids is 1. The molecular weight excluding hydrogens is 480 g/mol. The number of esters is 1. The Balaban J connectivity index is 1.97. The number of cyclic esters (lactones) is 1. The Kier molecular flexibility index (Phi) is 9.44. The van der Waals surface area contributed by atoms with Crippen molar-refractivity contribution in [2.45, 2.75) is 109 Å². The zero-order chi connectivity index (χ0) is 27.4. The Bertz CT molecular complexity index is 993. The molecule has 2 aliphatic rings. The summed E-state index contributed by atoms with van der Waals surface area (Å²) in [6.07, 6.45) is 8.05. The van der Waals surface area contributed by atoms with E-state index in [2.05, 4.69) is 66.4 Å². The molecule has 0 aliphatic carbocycles. The molecule has 3 rings (SSSR count). The van der Waals surface area contributed by atoms with E-state index in [4.69, 9.17) is 18.6 Å². The number of rotatable bonds is 5. The third kappa shape index (κ3) is 7.32. The van der Waals surface area contributed by atoms with Crippen molar-refractivity contribution in [3.05, 3.63) is 72.4 Å². The lowest BCUT2D eigenvalue weighted by molar-refractivity contribution is -0.151. The molecule has 0 radical (unpaired) electrons. The van der Waals surface area contributed by atoms with Gasteiger partial charge in [0, 0.05) is 11.5 Å². The molecule has 1 fully saturated rings. The van der Waals surface area contributed by atoms with Crippen molar-refractivity contribution in [1.82, 2.24) is 0 Å². The minimum atomic E-state index is -2.12. The van der Waals surface area contributed by atoms with E-state index in [1.54, 1.807) is 6.08 Å². The minimum absolute atomic E-state index is 0.0292. The first-order valence-corrected chi connectivity index (χ1v) is 16.4. The summed E-state index contributed by atoms with van der Waals surface area (Å²) in [5.41, 5.74) is 1.39. The van der Waals surface area contributed by atoms with Crippen molar-refractivity contribution in [2.24, 2.45) is 5.92 Å². The first-order chi connectivity index (χ1) is 17.3. The predicted molar refractivity (Wildman–Crippen MR) is 152 cm³/mol. The average Bonchev–Trinajstić information content (AvgIpc) is 3.15. The molecule has 0 saturated carbocycles. The van der Waals surface area contributed by atoms with Crippen LogP contribution in [0.2, 0.25) is 18.1 Å². The lowest BCUT2D eigenvalue weighted by Gasteiger charge is -2.40. The molecule has 1 saturated heterocycles. The van der Waals surface area contributed by atoms with Crippen LogP contribution in [0.3, 0.4) is 0 Å². The van der Waals surface area contributed by atoms with Gasteiger partial charge in [0.2, 0.25) is 0 Å². The summed E-state index contributed by atoms with van der Waals surface area (Å²) >= 11 is 0. The molecular formula is C31H46O5Si.